The van der Waals surface area contributed by atoms with Gasteiger partial charge in [-0.2, -0.15) is 0 Å². The van der Waals surface area contributed by atoms with E-state index < -0.39 is 0 Å². The Hall–Kier alpha value is -2.61. The molecule has 1 aliphatic rings. The first-order valence-corrected chi connectivity index (χ1v) is 9.64. The Kier molecular flexibility index (Phi) is 4.98. The molecule has 0 radical (unpaired) electrons. The number of halogens is 1. The first kappa shape index (κ1) is 17.8. The Balaban J connectivity index is 1.33. The number of guanidine groups is 1. The van der Waals surface area contributed by atoms with Gasteiger partial charge in [-0.05, 0) is 36.6 Å². The molecule has 1 aromatic carbocycles. The lowest BCUT2D eigenvalue weighted by Crippen LogP contribution is -2.41. The summed E-state index contributed by atoms with van der Waals surface area (Å²) in [5, 5.41) is 13.8. The number of furan rings is 1. The van der Waals surface area contributed by atoms with Crippen LogP contribution in [0.3, 0.4) is 0 Å². The number of H-pyrrole nitrogens is 1. The third kappa shape index (κ3) is 3.90. The number of rotatable bonds is 6. The van der Waals surface area contributed by atoms with E-state index in [4.69, 9.17) is 4.42 Å². The van der Waals surface area contributed by atoms with Crippen LogP contribution in [-0.2, 0) is 12.0 Å². The molecule has 140 valence electrons. The van der Waals surface area contributed by atoms with Gasteiger partial charge in [-0.3, -0.25) is 10.1 Å². The van der Waals surface area contributed by atoms with Gasteiger partial charge in [-0.25, -0.2) is 4.98 Å². The molecule has 2 heterocycles. The van der Waals surface area contributed by atoms with Gasteiger partial charge in [-0.15, -0.1) is 5.10 Å². The number of benzene rings is 1. The number of nitrogens with zero attached hydrogens (tertiary/aromatic N) is 3. The van der Waals surface area contributed by atoms with Crippen LogP contribution >= 0.6 is 15.9 Å². The zero-order valence-corrected chi connectivity index (χ0v) is 16.6. The Labute approximate surface area is 165 Å². The fourth-order valence-electron chi connectivity index (χ4n) is 3.11. The number of nitrogens with one attached hydrogen (secondary N) is 3. The van der Waals surface area contributed by atoms with Crippen LogP contribution in [0.5, 0.6) is 0 Å². The highest BCUT2D eigenvalue weighted by molar-refractivity contribution is 9.10. The molecule has 0 atom stereocenters. The third-order valence-corrected chi connectivity index (χ3v) is 5.50. The molecule has 2 aromatic heterocycles. The SMILES string of the molecule is CN=C(NCc1nc(-c2ccco2)n[nH]1)NCC1(c2ccccc2Br)CC1. The smallest absolute Gasteiger partial charge is 0.216 e. The zero-order chi connectivity index (χ0) is 18.7. The van der Waals surface area contributed by atoms with Gasteiger partial charge in [-0.1, -0.05) is 34.1 Å². The van der Waals surface area contributed by atoms with E-state index in [2.05, 4.69) is 64.9 Å². The lowest BCUT2D eigenvalue weighted by Gasteiger charge is -2.20. The van der Waals surface area contributed by atoms with Crippen LogP contribution in [0.25, 0.3) is 11.6 Å². The van der Waals surface area contributed by atoms with Gasteiger partial charge in [0, 0.05) is 23.5 Å². The number of aliphatic imine (C=N–C) groups is 1. The van der Waals surface area contributed by atoms with E-state index in [1.54, 1.807) is 13.3 Å². The van der Waals surface area contributed by atoms with E-state index >= 15 is 0 Å². The number of hydrogen-bond donors (Lipinski definition) is 3. The largest absolute Gasteiger partial charge is 0.461 e. The minimum Gasteiger partial charge on any atom is -0.461 e. The van der Waals surface area contributed by atoms with E-state index in [-0.39, 0.29) is 5.41 Å². The van der Waals surface area contributed by atoms with Gasteiger partial charge in [0.1, 0.15) is 5.82 Å². The molecule has 27 heavy (non-hydrogen) atoms. The van der Waals surface area contributed by atoms with E-state index in [0.717, 1.165) is 18.3 Å². The quantitative estimate of drug-likeness (QED) is 0.414. The fraction of sp³-hybridized carbons (Fsp3) is 0.316. The van der Waals surface area contributed by atoms with Crippen LogP contribution < -0.4 is 10.6 Å². The Morgan fingerprint density at radius 1 is 1.26 bits per heavy atom. The number of hydrogen-bond acceptors (Lipinski definition) is 4. The predicted octanol–water partition coefficient (Wildman–Crippen LogP) is 3.22. The van der Waals surface area contributed by atoms with Crippen molar-refractivity contribution in [2.45, 2.75) is 24.8 Å². The van der Waals surface area contributed by atoms with Crippen molar-refractivity contribution < 1.29 is 4.42 Å². The van der Waals surface area contributed by atoms with Crippen molar-refractivity contribution in [2.24, 2.45) is 4.99 Å². The second-order valence-electron chi connectivity index (χ2n) is 6.62. The highest BCUT2D eigenvalue weighted by atomic mass is 79.9. The van der Waals surface area contributed by atoms with Crippen LogP contribution in [0.15, 0.2) is 56.5 Å². The first-order valence-electron chi connectivity index (χ1n) is 8.85. The third-order valence-electron chi connectivity index (χ3n) is 4.81. The van der Waals surface area contributed by atoms with E-state index in [1.807, 2.05) is 18.2 Å². The summed E-state index contributed by atoms with van der Waals surface area (Å²) < 4.78 is 6.48. The summed E-state index contributed by atoms with van der Waals surface area (Å²) in [5.74, 6) is 2.65. The predicted molar refractivity (Wildman–Crippen MR) is 107 cm³/mol. The van der Waals surface area contributed by atoms with Crippen molar-refractivity contribution in [3.63, 3.8) is 0 Å². The molecule has 1 aliphatic carbocycles. The van der Waals surface area contributed by atoms with Gasteiger partial charge < -0.3 is 15.1 Å². The van der Waals surface area contributed by atoms with Gasteiger partial charge >= 0.3 is 0 Å². The van der Waals surface area contributed by atoms with E-state index in [0.29, 0.717) is 18.1 Å². The highest BCUT2D eigenvalue weighted by Crippen LogP contribution is 2.49. The minimum atomic E-state index is 0.177. The van der Waals surface area contributed by atoms with Crippen molar-refractivity contribution in [1.29, 1.82) is 0 Å². The standard InChI is InChI=1S/C19H21BrN6O/c1-21-18(22-11-16-24-17(26-25-16)15-7-4-10-27-15)23-12-19(8-9-19)13-5-2-3-6-14(13)20/h2-7,10H,8-9,11-12H2,1H3,(H2,21,22,23)(H,24,25,26). The van der Waals surface area contributed by atoms with Crippen molar-refractivity contribution >= 4 is 21.9 Å². The van der Waals surface area contributed by atoms with Crippen molar-refractivity contribution in [3.8, 4) is 11.6 Å². The first-order chi connectivity index (χ1) is 13.2. The normalized spacial score (nSPS) is 15.6. The molecular weight excluding hydrogens is 408 g/mol. The lowest BCUT2D eigenvalue weighted by atomic mass is 9.96. The Morgan fingerprint density at radius 3 is 2.81 bits per heavy atom. The monoisotopic (exact) mass is 428 g/mol. The maximum absolute atomic E-state index is 5.31. The number of aromatic nitrogens is 3. The van der Waals surface area contributed by atoms with Crippen LogP contribution in [-0.4, -0.2) is 34.7 Å². The van der Waals surface area contributed by atoms with Crippen LogP contribution in [0.2, 0.25) is 0 Å². The molecule has 7 nitrogen and oxygen atoms in total. The Bertz CT molecular complexity index is 929. The molecule has 1 saturated carbocycles. The summed E-state index contributed by atoms with van der Waals surface area (Å²) >= 11 is 3.68. The summed E-state index contributed by atoms with van der Waals surface area (Å²) in [6.07, 6.45) is 3.95. The molecule has 3 aromatic rings. The average molecular weight is 429 g/mol. The lowest BCUT2D eigenvalue weighted by molar-refractivity contribution is 0.577. The molecule has 0 amide bonds. The van der Waals surface area contributed by atoms with Crippen molar-refractivity contribution in [1.82, 2.24) is 25.8 Å². The van der Waals surface area contributed by atoms with E-state index in [1.165, 1.54) is 22.9 Å². The molecule has 0 unspecified atom stereocenters. The topological polar surface area (TPSA) is 91.1 Å². The van der Waals surface area contributed by atoms with Crippen molar-refractivity contribution in [3.05, 3.63) is 58.5 Å². The second kappa shape index (κ2) is 7.56. The summed E-state index contributed by atoms with van der Waals surface area (Å²) in [6, 6.07) is 12.1. The molecule has 0 saturated heterocycles. The summed E-state index contributed by atoms with van der Waals surface area (Å²) in [6.45, 7) is 1.33. The molecular formula is C19H21BrN6O. The van der Waals surface area contributed by atoms with Gasteiger partial charge in [0.2, 0.25) is 5.82 Å². The number of aromatic amines is 1. The molecule has 8 heteroatoms. The molecule has 0 spiro atoms. The second-order valence-corrected chi connectivity index (χ2v) is 7.48. The summed E-state index contributed by atoms with van der Waals surface area (Å²) in [7, 11) is 1.77. The molecule has 3 N–H and O–H groups in total. The van der Waals surface area contributed by atoms with E-state index in [9.17, 15) is 0 Å². The summed E-state index contributed by atoms with van der Waals surface area (Å²) in [5.41, 5.74) is 1.53. The average Bonchev–Trinajstić information content (AvgIpc) is 3.09. The molecule has 4 rings (SSSR count). The summed E-state index contributed by atoms with van der Waals surface area (Å²) in [4.78, 5) is 8.74. The zero-order valence-electron chi connectivity index (χ0n) is 15.0. The molecule has 0 aliphatic heterocycles. The minimum absolute atomic E-state index is 0.177. The van der Waals surface area contributed by atoms with Gasteiger partial charge in [0.15, 0.2) is 11.7 Å². The van der Waals surface area contributed by atoms with Gasteiger partial charge in [0.05, 0.1) is 12.8 Å². The molecule has 1 fully saturated rings. The fourth-order valence-corrected chi connectivity index (χ4v) is 3.82. The highest BCUT2D eigenvalue weighted by Gasteiger charge is 2.45. The maximum Gasteiger partial charge on any atom is 0.216 e. The van der Waals surface area contributed by atoms with Crippen molar-refractivity contribution in [2.75, 3.05) is 13.6 Å². The maximum atomic E-state index is 5.31. The van der Waals surface area contributed by atoms with Crippen LogP contribution in [0, 0.1) is 0 Å². The van der Waals surface area contributed by atoms with Gasteiger partial charge in [0.25, 0.3) is 0 Å². The Morgan fingerprint density at radius 2 is 2.11 bits per heavy atom. The van der Waals surface area contributed by atoms with Crippen LogP contribution in [0.4, 0.5) is 0 Å². The molecule has 0 bridgehead atoms. The van der Waals surface area contributed by atoms with Crippen LogP contribution in [0.1, 0.15) is 24.2 Å².